The van der Waals surface area contributed by atoms with Gasteiger partial charge in [0.15, 0.2) is 0 Å². The van der Waals surface area contributed by atoms with E-state index in [1.165, 1.54) is 5.56 Å². The Morgan fingerprint density at radius 3 is 2.31 bits per heavy atom. The van der Waals surface area contributed by atoms with Gasteiger partial charge in [-0.25, -0.2) is 0 Å². The lowest BCUT2D eigenvalue weighted by atomic mass is 10.0. The molecule has 0 aliphatic rings. The van der Waals surface area contributed by atoms with E-state index in [1.807, 2.05) is 25.2 Å². The van der Waals surface area contributed by atoms with Crippen LogP contribution in [0.1, 0.15) is 18.6 Å². The Morgan fingerprint density at radius 2 is 1.85 bits per heavy atom. The summed E-state index contributed by atoms with van der Waals surface area (Å²) in [7, 11) is 3.69. The van der Waals surface area contributed by atoms with Gasteiger partial charge >= 0.3 is 0 Å². The van der Waals surface area contributed by atoms with E-state index in [1.54, 1.807) is 7.11 Å². The van der Waals surface area contributed by atoms with Crippen LogP contribution in [0, 0.1) is 0 Å². The van der Waals surface area contributed by atoms with Gasteiger partial charge in [0.05, 0.1) is 6.10 Å². The van der Waals surface area contributed by atoms with Gasteiger partial charge in [0, 0.05) is 13.2 Å². The second-order valence-corrected chi connectivity index (χ2v) is 3.14. The highest BCUT2D eigenvalue weighted by molar-refractivity contribution is 5.18. The molecule has 0 aromatic heterocycles. The predicted molar refractivity (Wildman–Crippen MR) is 54.7 cm³/mol. The maximum Gasteiger partial charge on any atom is 0.0971 e. The van der Waals surface area contributed by atoms with Crippen LogP contribution in [0.4, 0.5) is 0 Å². The first-order valence-corrected chi connectivity index (χ1v) is 4.54. The van der Waals surface area contributed by atoms with Crippen molar-refractivity contribution in [3.8, 4) is 0 Å². The first-order chi connectivity index (χ1) is 6.29. The standard InChI is InChI=1S/C11H17NO/c1-9(12-2)11(13-3)10-7-5-4-6-8-10/h4-9,11-12H,1-3H3/t9-,11+/m0/s1. The third kappa shape index (κ3) is 2.54. The minimum atomic E-state index is 0.131. The van der Waals surface area contributed by atoms with Gasteiger partial charge in [-0.15, -0.1) is 0 Å². The number of rotatable bonds is 4. The topological polar surface area (TPSA) is 21.3 Å². The van der Waals surface area contributed by atoms with Crippen molar-refractivity contribution in [2.24, 2.45) is 0 Å². The van der Waals surface area contributed by atoms with Crippen molar-refractivity contribution >= 4 is 0 Å². The number of ether oxygens (including phenoxy) is 1. The quantitative estimate of drug-likeness (QED) is 0.763. The maximum absolute atomic E-state index is 5.43. The molecule has 2 heteroatoms. The summed E-state index contributed by atoms with van der Waals surface area (Å²) >= 11 is 0. The fourth-order valence-electron chi connectivity index (χ4n) is 1.42. The molecule has 0 aliphatic heterocycles. The van der Waals surface area contributed by atoms with E-state index in [9.17, 15) is 0 Å². The molecule has 1 rings (SSSR count). The highest BCUT2D eigenvalue weighted by Gasteiger charge is 2.16. The zero-order valence-electron chi connectivity index (χ0n) is 8.45. The molecule has 0 heterocycles. The number of nitrogens with one attached hydrogen (secondary N) is 1. The summed E-state index contributed by atoms with van der Waals surface area (Å²) in [4.78, 5) is 0. The molecule has 2 nitrogen and oxygen atoms in total. The van der Waals surface area contributed by atoms with Gasteiger partial charge in [0.25, 0.3) is 0 Å². The maximum atomic E-state index is 5.43. The zero-order chi connectivity index (χ0) is 9.68. The third-order valence-electron chi connectivity index (χ3n) is 2.29. The summed E-state index contributed by atoms with van der Waals surface area (Å²) in [5.41, 5.74) is 1.21. The average molecular weight is 179 g/mol. The van der Waals surface area contributed by atoms with E-state index in [2.05, 4.69) is 24.4 Å². The molecule has 0 saturated heterocycles. The third-order valence-corrected chi connectivity index (χ3v) is 2.29. The van der Waals surface area contributed by atoms with E-state index in [4.69, 9.17) is 4.74 Å². The number of benzene rings is 1. The SMILES string of the molecule is CN[C@@H](C)[C@@H](OC)c1ccccc1. The van der Waals surface area contributed by atoms with Crippen molar-refractivity contribution in [1.29, 1.82) is 0 Å². The van der Waals surface area contributed by atoms with E-state index >= 15 is 0 Å². The zero-order valence-corrected chi connectivity index (χ0v) is 8.45. The molecule has 0 amide bonds. The molecule has 0 fully saturated rings. The van der Waals surface area contributed by atoms with Gasteiger partial charge in [-0.1, -0.05) is 30.3 Å². The molecule has 0 radical (unpaired) electrons. The van der Waals surface area contributed by atoms with Crippen molar-refractivity contribution in [3.05, 3.63) is 35.9 Å². The summed E-state index contributed by atoms with van der Waals surface area (Å²) in [6.07, 6.45) is 0.131. The Kier molecular flexibility index (Phi) is 3.93. The fraction of sp³-hybridized carbons (Fsp3) is 0.455. The smallest absolute Gasteiger partial charge is 0.0971 e. The normalized spacial score (nSPS) is 15.3. The van der Waals surface area contributed by atoms with Crippen LogP contribution >= 0.6 is 0 Å². The lowest BCUT2D eigenvalue weighted by Gasteiger charge is -2.22. The highest BCUT2D eigenvalue weighted by atomic mass is 16.5. The molecular weight excluding hydrogens is 162 g/mol. The van der Waals surface area contributed by atoms with E-state index in [0.717, 1.165) is 0 Å². The molecular formula is C11H17NO. The minimum Gasteiger partial charge on any atom is -0.375 e. The first kappa shape index (κ1) is 10.2. The number of hydrogen-bond donors (Lipinski definition) is 1. The van der Waals surface area contributed by atoms with E-state index in [-0.39, 0.29) is 6.10 Å². The molecule has 0 saturated carbocycles. The van der Waals surface area contributed by atoms with Crippen molar-refractivity contribution in [1.82, 2.24) is 5.32 Å². The summed E-state index contributed by atoms with van der Waals surface area (Å²) in [5.74, 6) is 0. The molecule has 1 aromatic rings. The lowest BCUT2D eigenvalue weighted by molar-refractivity contribution is 0.0761. The summed E-state index contributed by atoms with van der Waals surface area (Å²) in [6.45, 7) is 2.11. The molecule has 1 N–H and O–H groups in total. The van der Waals surface area contributed by atoms with Crippen LogP contribution in [-0.2, 0) is 4.74 Å². The Balaban J connectivity index is 2.78. The van der Waals surface area contributed by atoms with E-state index < -0.39 is 0 Å². The van der Waals surface area contributed by atoms with Crippen molar-refractivity contribution in [3.63, 3.8) is 0 Å². The van der Waals surface area contributed by atoms with Gasteiger partial charge in [-0.2, -0.15) is 0 Å². The highest BCUT2D eigenvalue weighted by Crippen LogP contribution is 2.19. The summed E-state index contributed by atoms with van der Waals surface area (Å²) in [5, 5.41) is 3.19. The van der Waals surface area contributed by atoms with Crippen LogP contribution < -0.4 is 5.32 Å². The minimum absolute atomic E-state index is 0.131. The molecule has 2 atom stereocenters. The summed E-state index contributed by atoms with van der Waals surface area (Å²) < 4.78 is 5.43. The van der Waals surface area contributed by atoms with Gasteiger partial charge in [0.2, 0.25) is 0 Å². The van der Waals surface area contributed by atoms with Gasteiger partial charge in [-0.3, -0.25) is 0 Å². The number of methoxy groups -OCH3 is 1. The molecule has 0 bridgehead atoms. The molecule has 0 aliphatic carbocycles. The second-order valence-electron chi connectivity index (χ2n) is 3.14. The van der Waals surface area contributed by atoms with Crippen LogP contribution in [0.25, 0.3) is 0 Å². The van der Waals surface area contributed by atoms with Crippen LogP contribution in [0.5, 0.6) is 0 Å². The number of hydrogen-bond acceptors (Lipinski definition) is 2. The van der Waals surface area contributed by atoms with E-state index in [0.29, 0.717) is 6.04 Å². The Labute approximate surface area is 79.9 Å². The van der Waals surface area contributed by atoms with Crippen LogP contribution in [0.3, 0.4) is 0 Å². The van der Waals surface area contributed by atoms with Crippen LogP contribution in [-0.4, -0.2) is 20.2 Å². The fourth-order valence-corrected chi connectivity index (χ4v) is 1.42. The molecule has 0 unspecified atom stereocenters. The molecule has 13 heavy (non-hydrogen) atoms. The van der Waals surface area contributed by atoms with Crippen molar-refractivity contribution < 1.29 is 4.74 Å². The molecule has 72 valence electrons. The average Bonchev–Trinajstić information content (AvgIpc) is 2.20. The van der Waals surface area contributed by atoms with Crippen molar-refractivity contribution in [2.75, 3.05) is 14.2 Å². The van der Waals surface area contributed by atoms with Gasteiger partial charge in [-0.05, 0) is 19.5 Å². The van der Waals surface area contributed by atoms with Gasteiger partial charge < -0.3 is 10.1 Å². The monoisotopic (exact) mass is 179 g/mol. The second kappa shape index (κ2) is 5.00. The first-order valence-electron chi connectivity index (χ1n) is 4.54. The predicted octanol–water partition coefficient (Wildman–Crippen LogP) is 1.98. The Bertz CT molecular complexity index is 235. The van der Waals surface area contributed by atoms with Crippen molar-refractivity contribution in [2.45, 2.75) is 19.1 Å². The Hall–Kier alpha value is -0.860. The van der Waals surface area contributed by atoms with Gasteiger partial charge in [0.1, 0.15) is 0 Å². The van der Waals surface area contributed by atoms with Crippen LogP contribution in [0.2, 0.25) is 0 Å². The summed E-state index contributed by atoms with van der Waals surface area (Å²) in [6, 6.07) is 10.6. The Morgan fingerprint density at radius 1 is 1.23 bits per heavy atom. The lowest BCUT2D eigenvalue weighted by Crippen LogP contribution is -2.29. The molecule has 0 spiro atoms. The van der Waals surface area contributed by atoms with Crippen LogP contribution in [0.15, 0.2) is 30.3 Å². The molecule has 1 aromatic carbocycles. The number of likely N-dealkylation sites (N-methyl/N-ethyl adjacent to an activating group) is 1. The largest absolute Gasteiger partial charge is 0.375 e.